The lowest BCUT2D eigenvalue weighted by Gasteiger charge is -2.19. The van der Waals surface area contributed by atoms with Crippen molar-refractivity contribution in [3.8, 4) is 50.2 Å². The maximum absolute atomic E-state index is 6.49. The minimum atomic E-state index is 0.910. The minimum absolute atomic E-state index is 0.910. The van der Waals surface area contributed by atoms with Gasteiger partial charge in [-0.05, 0) is 91.3 Å². The van der Waals surface area contributed by atoms with Gasteiger partial charge in [-0.25, -0.2) is 0 Å². The molecule has 270 valence electrons. The van der Waals surface area contributed by atoms with E-state index in [9.17, 15) is 0 Å². The fourth-order valence-electron chi connectivity index (χ4n) is 9.46. The van der Waals surface area contributed by atoms with Crippen molar-refractivity contribution >= 4 is 65.3 Å². The number of para-hydroxylation sites is 4. The molecule has 0 bridgehead atoms. The van der Waals surface area contributed by atoms with Gasteiger partial charge in [0.05, 0.1) is 16.7 Å². The third kappa shape index (κ3) is 4.92. The Balaban J connectivity index is 1.10. The summed E-state index contributed by atoms with van der Waals surface area (Å²) in [6.07, 6.45) is 0. The summed E-state index contributed by atoms with van der Waals surface area (Å²) in [5.74, 6) is 0. The molecule has 0 saturated heterocycles. The Bertz CT molecular complexity index is 3550. The van der Waals surface area contributed by atoms with Crippen LogP contribution in [0.2, 0.25) is 0 Å². The van der Waals surface area contributed by atoms with Crippen LogP contribution < -0.4 is 0 Å². The first-order valence-corrected chi connectivity index (χ1v) is 19.9. The first kappa shape index (κ1) is 32.6. The first-order valence-electron chi connectivity index (χ1n) is 19.9. The zero-order valence-corrected chi connectivity index (χ0v) is 31.6. The van der Waals surface area contributed by atoms with Crippen LogP contribution in [-0.4, -0.2) is 4.57 Å². The summed E-state index contributed by atoms with van der Waals surface area (Å²) < 4.78 is 8.94. The van der Waals surface area contributed by atoms with E-state index in [1.165, 1.54) is 71.2 Å². The van der Waals surface area contributed by atoms with Crippen LogP contribution in [0.25, 0.3) is 115 Å². The number of furan rings is 1. The van der Waals surface area contributed by atoms with Crippen molar-refractivity contribution in [2.75, 3.05) is 0 Å². The quantitative estimate of drug-likeness (QED) is 0.161. The number of fused-ring (bicyclic) bond motifs is 8. The van der Waals surface area contributed by atoms with Gasteiger partial charge in [-0.15, -0.1) is 0 Å². The smallest absolute Gasteiger partial charge is 0.143 e. The molecule has 0 aliphatic heterocycles. The Hall–Kier alpha value is -7.68. The number of nitrogens with zero attached hydrogens (tertiary/aromatic N) is 1. The molecule has 58 heavy (non-hydrogen) atoms. The van der Waals surface area contributed by atoms with E-state index in [0.29, 0.717) is 0 Å². The highest BCUT2D eigenvalue weighted by Crippen LogP contribution is 2.46. The van der Waals surface area contributed by atoms with Crippen molar-refractivity contribution in [1.29, 1.82) is 0 Å². The molecule has 0 unspecified atom stereocenters. The van der Waals surface area contributed by atoms with Gasteiger partial charge in [-0.3, -0.25) is 0 Å². The number of benzene rings is 10. The molecular weight excluding hydrogens is 703 g/mol. The van der Waals surface area contributed by atoms with Crippen LogP contribution in [0.1, 0.15) is 0 Å². The zero-order chi connectivity index (χ0) is 38.2. The molecule has 0 radical (unpaired) electrons. The second-order valence-corrected chi connectivity index (χ2v) is 15.2. The third-order valence-corrected chi connectivity index (χ3v) is 12.0. The highest BCUT2D eigenvalue weighted by molar-refractivity contribution is 6.22. The van der Waals surface area contributed by atoms with Gasteiger partial charge in [-0.2, -0.15) is 0 Å². The lowest BCUT2D eigenvalue weighted by molar-refractivity contribution is 0.670. The van der Waals surface area contributed by atoms with E-state index in [1.807, 2.05) is 6.07 Å². The Morgan fingerprint density at radius 3 is 1.59 bits per heavy atom. The highest BCUT2D eigenvalue weighted by Gasteiger charge is 2.21. The molecular formula is C56H35NO. The second kappa shape index (κ2) is 12.9. The SMILES string of the molecule is c1ccc(-c2c3ccccc3c(-c3ccccc3)c3cc(-c4ccccc4-n4c5ccccc5c5cc(-c6cccc7c6oc6ccccc67)ccc54)ccc23)cc1. The Morgan fingerprint density at radius 2 is 0.810 bits per heavy atom. The van der Waals surface area contributed by atoms with Crippen molar-refractivity contribution in [1.82, 2.24) is 4.57 Å². The van der Waals surface area contributed by atoms with Gasteiger partial charge in [0.2, 0.25) is 0 Å². The van der Waals surface area contributed by atoms with Crippen molar-refractivity contribution in [3.05, 3.63) is 212 Å². The van der Waals surface area contributed by atoms with Gasteiger partial charge < -0.3 is 8.98 Å². The van der Waals surface area contributed by atoms with Crippen LogP contribution in [-0.2, 0) is 0 Å². The van der Waals surface area contributed by atoms with E-state index < -0.39 is 0 Å². The summed E-state index contributed by atoms with van der Waals surface area (Å²) in [5, 5.41) is 9.70. The molecule has 10 aromatic carbocycles. The predicted molar refractivity (Wildman–Crippen MR) is 245 cm³/mol. The summed E-state index contributed by atoms with van der Waals surface area (Å²) in [4.78, 5) is 0. The van der Waals surface area contributed by atoms with Gasteiger partial charge in [-0.1, -0.05) is 176 Å². The van der Waals surface area contributed by atoms with Crippen molar-refractivity contribution in [2.45, 2.75) is 0 Å². The molecule has 0 spiro atoms. The molecule has 12 aromatic rings. The molecule has 0 atom stereocenters. The molecule has 0 aliphatic carbocycles. The van der Waals surface area contributed by atoms with E-state index in [-0.39, 0.29) is 0 Å². The zero-order valence-electron chi connectivity index (χ0n) is 31.6. The molecule has 2 heteroatoms. The van der Waals surface area contributed by atoms with E-state index in [4.69, 9.17) is 4.42 Å². The fourth-order valence-corrected chi connectivity index (χ4v) is 9.46. The average molecular weight is 738 g/mol. The van der Waals surface area contributed by atoms with Crippen LogP contribution in [0.15, 0.2) is 217 Å². The van der Waals surface area contributed by atoms with Crippen LogP contribution in [0, 0.1) is 0 Å². The molecule has 2 aromatic heterocycles. The average Bonchev–Trinajstić information content (AvgIpc) is 3.84. The van der Waals surface area contributed by atoms with Gasteiger partial charge >= 0.3 is 0 Å². The summed E-state index contributed by atoms with van der Waals surface area (Å²) in [7, 11) is 0. The van der Waals surface area contributed by atoms with Gasteiger partial charge in [0, 0.05) is 32.7 Å². The fraction of sp³-hybridized carbons (Fsp3) is 0. The Morgan fingerprint density at radius 1 is 0.293 bits per heavy atom. The van der Waals surface area contributed by atoms with Crippen LogP contribution in [0.5, 0.6) is 0 Å². The van der Waals surface area contributed by atoms with E-state index in [0.717, 1.165) is 44.3 Å². The Labute approximate surface area is 335 Å². The van der Waals surface area contributed by atoms with Crippen molar-refractivity contribution < 1.29 is 4.42 Å². The van der Waals surface area contributed by atoms with Gasteiger partial charge in [0.25, 0.3) is 0 Å². The lowest BCUT2D eigenvalue weighted by Crippen LogP contribution is -1.97. The third-order valence-electron chi connectivity index (χ3n) is 12.0. The van der Waals surface area contributed by atoms with E-state index in [1.54, 1.807) is 0 Å². The normalized spacial score (nSPS) is 11.8. The topological polar surface area (TPSA) is 18.1 Å². The minimum Gasteiger partial charge on any atom is -0.455 e. The van der Waals surface area contributed by atoms with Crippen LogP contribution in [0.4, 0.5) is 0 Å². The summed E-state index contributed by atoms with van der Waals surface area (Å²) in [6.45, 7) is 0. The maximum Gasteiger partial charge on any atom is 0.143 e. The molecule has 2 heterocycles. The van der Waals surface area contributed by atoms with Crippen LogP contribution >= 0.6 is 0 Å². The van der Waals surface area contributed by atoms with Gasteiger partial charge in [0.1, 0.15) is 11.2 Å². The lowest BCUT2D eigenvalue weighted by atomic mass is 9.85. The van der Waals surface area contributed by atoms with Crippen LogP contribution in [0.3, 0.4) is 0 Å². The predicted octanol–water partition coefficient (Wildman–Crippen LogP) is 15.7. The monoisotopic (exact) mass is 737 g/mol. The second-order valence-electron chi connectivity index (χ2n) is 15.2. The number of hydrogen-bond donors (Lipinski definition) is 0. The molecule has 0 fully saturated rings. The summed E-state index contributed by atoms with van der Waals surface area (Å²) in [6, 6.07) is 77.0. The molecule has 0 saturated carbocycles. The van der Waals surface area contributed by atoms with Crippen molar-refractivity contribution in [3.63, 3.8) is 0 Å². The largest absolute Gasteiger partial charge is 0.455 e. The molecule has 0 aliphatic rings. The highest BCUT2D eigenvalue weighted by atomic mass is 16.3. The first-order chi connectivity index (χ1) is 28.8. The summed E-state index contributed by atoms with van der Waals surface area (Å²) >= 11 is 0. The number of rotatable bonds is 5. The molecule has 0 N–H and O–H groups in total. The van der Waals surface area contributed by atoms with E-state index in [2.05, 4.69) is 211 Å². The van der Waals surface area contributed by atoms with Crippen molar-refractivity contribution in [2.24, 2.45) is 0 Å². The standard InChI is InChI=1S/C56H35NO/c1-3-16-36(17-4-1)54-44-23-7-8-24-45(44)55(37-18-5-2-6-19-37)49-35-38(30-32-46(49)54)40-20-9-12-27-50(40)57-51-28-13-10-21-42(51)48-34-39(31-33-52(48)57)41-25-15-26-47-43-22-11-14-29-53(43)58-56(41)47/h1-35H. The molecule has 0 amide bonds. The Kier molecular flexibility index (Phi) is 7.26. The molecule has 12 rings (SSSR count). The van der Waals surface area contributed by atoms with E-state index >= 15 is 0 Å². The summed E-state index contributed by atoms with van der Waals surface area (Å²) in [5.41, 5.74) is 14.9. The molecule has 2 nitrogen and oxygen atoms in total. The maximum atomic E-state index is 6.49. The number of aromatic nitrogens is 1. The van der Waals surface area contributed by atoms with Gasteiger partial charge in [0.15, 0.2) is 0 Å². The number of hydrogen-bond acceptors (Lipinski definition) is 1.